The molecule has 0 aromatic carbocycles. The average Bonchev–Trinajstić information content (AvgIpc) is 2.77. The van der Waals surface area contributed by atoms with Gasteiger partial charge < -0.3 is 74.7 Å². The first-order chi connectivity index (χ1) is 15.1. The molecule has 188 valence electrons. The lowest BCUT2D eigenvalue weighted by molar-refractivity contribution is -0.352. The SMILES string of the molecule is OC[C@H]1O[C@@H](OC[C@H]2O[C@@H](O)[C@H](O)[C@@H](O[C@@H]3OC[C@H](O)[C@H](O)[C@H]3O)[C@@H]2O)[C@H](O)[C@@H](O)[C@@H]1O. The summed E-state index contributed by atoms with van der Waals surface area (Å²) in [6.45, 7) is -1.65. The summed E-state index contributed by atoms with van der Waals surface area (Å²) in [5, 5.41) is 98.7. The van der Waals surface area contributed by atoms with E-state index >= 15 is 0 Å². The Morgan fingerprint density at radius 1 is 0.656 bits per heavy atom. The third-order valence-corrected chi connectivity index (χ3v) is 5.68. The van der Waals surface area contributed by atoms with Crippen LogP contribution >= 0.6 is 0 Å². The van der Waals surface area contributed by atoms with Gasteiger partial charge in [0.15, 0.2) is 18.9 Å². The minimum absolute atomic E-state index is 0.398. The summed E-state index contributed by atoms with van der Waals surface area (Å²) in [5.74, 6) is 0. The van der Waals surface area contributed by atoms with Gasteiger partial charge in [-0.05, 0) is 0 Å². The van der Waals surface area contributed by atoms with Crippen LogP contribution in [0.15, 0.2) is 0 Å². The minimum Gasteiger partial charge on any atom is -0.394 e. The number of hydrogen-bond acceptors (Lipinski definition) is 15. The minimum atomic E-state index is -1.87. The van der Waals surface area contributed by atoms with E-state index in [1.165, 1.54) is 0 Å². The highest BCUT2D eigenvalue weighted by molar-refractivity contribution is 4.93. The molecule has 3 aliphatic heterocycles. The molecule has 0 radical (unpaired) electrons. The third kappa shape index (κ3) is 5.22. The van der Waals surface area contributed by atoms with Crippen LogP contribution in [0.4, 0.5) is 0 Å². The second kappa shape index (κ2) is 10.8. The maximum atomic E-state index is 10.6. The van der Waals surface area contributed by atoms with E-state index in [2.05, 4.69) is 0 Å². The molecule has 10 N–H and O–H groups in total. The fourth-order valence-electron chi connectivity index (χ4n) is 3.66. The Hall–Kier alpha value is -0.600. The van der Waals surface area contributed by atoms with E-state index in [4.69, 9.17) is 23.7 Å². The van der Waals surface area contributed by atoms with Gasteiger partial charge in [-0.2, -0.15) is 0 Å². The fourth-order valence-corrected chi connectivity index (χ4v) is 3.66. The van der Waals surface area contributed by atoms with Crippen molar-refractivity contribution in [3.05, 3.63) is 0 Å². The molecular formula is C17H30O15. The molecule has 3 fully saturated rings. The second-order valence-electron chi connectivity index (χ2n) is 7.93. The molecule has 0 bridgehead atoms. The normalized spacial score (nSPS) is 52.7. The van der Waals surface area contributed by atoms with Crippen LogP contribution in [-0.4, -0.2) is 157 Å². The molecule has 3 aliphatic rings. The lowest BCUT2D eigenvalue weighted by Gasteiger charge is -2.44. The molecule has 0 aromatic rings. The van der Waals surface area contributed by atoms with Crippen molar-refractivity contribution in [3.8, 4) is 0 Å². The van der Waals surface area contributed by atoms with Gasteiger partial charge in [-0.1, -0.05) is 0 Å². The van der Waals surface area contributed by atoms with Crippen LogP contribution < -0.4 is 0 Å². The Morgan fingerprint density at radius 2 is 1.31 bits per heavy atom. The molecule has 0 amide bonds. The fraction of sp³-hybridized carbons (Fsp3) is 1.00. The maximum absolute atomic E-state index is 10.6. The number of rotatable bonds is 6. The van der Waals surface area contributed by atoms with Crippen molar-refractivity contribution < 1.29 is 74.7 Å². The molecule has 0 aromatic heterocycles. The van der Waals surface area contributed by atoms with Crippen LogP contribution in [0.5, 0.6) is 0 Å². The van der Waals surface area contributed by atoms with Crippen LogP contribution in [-0.2, 0) is 23.7 Å². The van der Waals surface area contributed by atoms with Gasteiger partial charge in [-0.15, -0.1) is 0 Å². The molecule has 0 saturated carbocycles. The Balaban J connectivity index is 1.62. The van der Waals surface area contributed by atoms with Crippen molar-refractivity contribution in [3.63, 3.8) is 0 Å². The largest absolute Gasteiger partial charge is 0.394 e. The Bertz CT molecular complexity index is 594. The summed E-state index contributed by atoms with van der Waals surface area (Å²) < 4.78 is 26.0. The zero-order valence-electron chi connectivity index (χ0n) is 16.7. The van der Waals surface area contributed by atoms with Crippen molar-refractivity contribution in [2.75, 3.05) is 19.8 Å². The van der Waals surface area contributed by atoms with E-state index in [0.717, 1.165) is 0 Å². The molecule has 32 heavy (non-hydrogen) atoms. The number of ether oxygens (including phenoxy) is 5. The zero-order chi connectivity index (χ0) is 23.7. The molecule has 15 nitrogen and oxygen atoms in total. The molecule has 3 heterocycles. The quantitative estimate of drug-likeness (QED) is 0.172. The van der Waals surface area contributed by atoms with Crippen LogP contribution in [0.2, 0.25) is 0 Å². The van der Waals surface area contributed by atoms with Gasteiger partial charge in [0.1, 0.15) is 67.1 Å². The van der Waals surface area contributed by atoms with Gasteiger partial charge in [0.25, 0.3) is 0 Å². The van der Waals surface area contributed by atoms with Gasteiger partial charge >= 0.3 is 0 Å². The summed E-state index contributed by atoms with van der Waals surface area (Å²) in [4.78, 5) is 0. The Labute approximate surface area is 181 Å². The summed E-state index contributed by atoms with van der Waals surface area (Å²) in [7, 11) is 0. The van der Waals surface area contributed by atoms with E-state index in [-0.39, 0.29) is 0 Å². The summed E-state index contributed by atoms with van der Waals surface area (Å²) in [6, 6.07) is 0. The van der Waals surface area contributed by atoms with Gasteiger partial charge in [0.2, 0.25) is 0 Å². The van der Waals surface area contributed by atoms with Gasteiger partial charge in [0.05, 0.1) is 19.8 Å². The number of aliphatic hydroxyl groups excluding tert-OH is 10. The summed E-state index contributed by atoms with van der Waals surface area (Å²) in [5.41, 5.74) is 0. The highest BCUT2D eigenvalue weighted by Crippen LogP contribution is 2.28. The van der Waals surface area contributed by atoms with E-state index in [1.54, 1.807) is 0 Å². The van der Waals surface area contributed by atoms with Crippen LogP contribution in [0.1, 0.15) is 0 Å². The third-order valence-electron chi connectivity index (χ3n) is 5.68. The molecule has 0 aliphatic carbocycles. The summed E-state index contributed by atoms with van der Waals surface area (Å²) in [6.07, 6.45) is -22.4. The van der Waals surface area contributed by atoms with E-state index < -0.39 is 106 Å². The van der Waals surface area contributed by atoms with Crippen molar-refractivity contribution in [1.82, 2.24) is 0 Å². The van der Waals surface area contributed by atoms with E-state index in [0.29, 0.717) is 0 Å². The van der Waals surface area contributed by atoms with Crippen molar-refractivity contribution in [2.24, 2.45) is 0 Å². The number of aliphatic hydroxyl groups is 10. The van der Waals surface area contributed by atoms with Gasteiger partial charge in [-0.3, -0.25) is 0 Å². The van der Waals surface area contributed by atoms with Crippen molar-refractivity contribution in [1.29, 1.82) is 0 Å². The second-order valence-corrected chi connectivity index (χ2v) is 7.93. The first kappa shape index (κ1) is 26.0. The first-order valence-corrected chi connectivity index (χ1v) is 9.99. The first-order valence-electron chi connectivity index (χ1n) is 9.99. The van der Waals surface area contributed by atoms with Crippen LogP contribution in [0, 0.1) is 0 Å². The Morgan fingerprint density at radius 3 is 1.97 bits per heavy atom. The number of hydrogen-bond donors (Lipinski definition) is 10. The van der Waals surface area contributed by atoms with Gasteiger partial charge in [0, 0.05) is 0 Å². The van der Waals surface area contributed by atoms with Crippen LogP contribution in [0.25, 0.3) is 0 Å². The monoisotopic (exact) mass is 474 g/mol. The smallest absolute Gasteiger partial charge is 0.186 e. The van der Waals surface area contributed by atoms with Gasteiger partial charge in [-0.25, -0.2) is 0 Å². The highest BCUT2D eigenvalue weighted by Gasteiger charge is 2.50. The molecule has 3 rings (SSSR count). The highest BCUT2D eigenvalue weighted by atomic mass is 16.7. The summed E-state index contributed by atoms with van der Waals surface area (Å²) >= 11 is 0. The van der Waals surface area contributed by atoms with Crippen molar-refractivity contribution >= 4 is 0 Å². The molecule has 15 heteroatoms. The lowest BCUT2D eigenvalue weighted by Crippen LogP contribution is -2.63. The predicted molar refractivity (Wildman–Crippen MR) is 95.2 cm³/mol. The molecule has 0 unspecified atom stereocenters. The standard InChI is InChI=1S/C17H30O15/c18-1-5-8(21)10(23)12(25)16(31-5)29-3-6-9(22)14(13(26)15(27)30-6)32-17-11(24)7(20)4(19)2-28-17/h4-27H,1-3H2/t4-,5+,6+,7-,8+,9+,10-,11+,12+,13+,14-,15+,16+,17-/m0/s1. The molecular weight excluding hydrogens is 444 g/mol. The average molecular weight is 474 g/mol. The zero-order valence-corrected chi connectivity index (χ0v) is 16.7. The van der Waals surface area contributed by atoms with E-state index in [1.807, 2.05) is 0 Å². The molecule has 14 atom stereocenters. The lowest BCUT2D eigenvalue weighted by atomic mass is 9.98. The van der Waals surface area contributed by atoms with Crippen LogP contribution in [0.3, 0.4) is 0 Å². The Kier molecular flexibility index (Phi) is 8.75. The van der Waals surface area contributed by atoms with Crippen molar-refractivity contribution in [2.45, 2.75) is 86.0 Å². The topological polar surface area (TPSA) is 248 Å². The molecule has 3 saturated heterocycles. The maximum Gasteiger partial charge on any atom is 0.186 e. The predicted octanol–water partition coefficient (Wildman–Crippen LogP) is -6.93. The molecule has 0 spiro atoms. The van der Waals surface area contributed by atoms with E-state index in [9.17, 15) is 51.1 Å².